The molecule has 2 rings (SSSR count). The molecule has 0 aliphatic rings. The summed E-state index contributed by atoms with van der Waals surface area (Å²) < 4.78 is 23.2. The molecule has 118 valence electrons. The van der Waals surface area contributed by atoms with Crippen molar-refractivity contribution >= 4 is 5.91 Å². The van der Waals surface area contributed by atoms with Gasteiger partial charge in [-0.2, -0.15) is 0 Å². The summed E-state index contributed by atoms with van der Waals surface area (Å²) in [7, 11) is 0. The maximum absolute atomic E-state index is 12.7. The number of aromatic nitrogens is 1. The van der Waals surface area contributed by atoms with Gasteiger partial charge in [0.25, 0.3) is 5.91 Å². The van der Waals surface area contributed by atoms with Crippen LogP contribution in [0.15, 0.2) is 28.8 Å². The molecule has 0 spiro atoms. The van der Waals surface area contributed by atoms with Crippen molar-refractivity contribution in [2.45, 2.75) is 26.7 Å². The summed E-state index contributed by atoms with van der Waals surface area (Å²) >= 11 is 0. The maximum atomic E-state index is 12.7. The van der Waals surface area contributed by atoms with Crippen molar-refractivity contribution in [3.63, 3.8) is 0 Å². The molecular weight excluding hydrogens is 287 g/mol. The molecule has 1 heterocycles. The van der Waals surface area contributed by atoms with E-state index in [1.807, 2.05) is 0 Å². The molecule has 0 saturated carbocycles. The smallest absolute Gasteiger partial charge is 0.256 e. The van der Waals surface area contributed by atoms with E-state index in [9.17, 15) is 9.18 Å². The van der Waals surface area contributed by atoms with Gasteiger partial charge < -0.3 is 14.6 Å². The third kappa shape index (κ3) is 4.31. The number of halogens is 1. The fourth-order valence-electron chi connectivity index (χ4n) is 2.05. The van der Waals surface area contributed by atoms with E-state index in [2.05, 4.69) is 10.5 Å². The number of unbranched alkanes of at least 4 members (excludes halogenated alkanes) is 1. The van der Waals surface area contributed by atoms with Crippen LogP contribution in [0.2, 0.25) is 0 Å². The van der Waals surface area contributed by atoms with Crippen molar-refractivity contribution in [1.82, 2.24) is 10.5 Å². The molecule has 1 amide bonds. The molecule has 2 aromatic rings. The predicted molar refractivity (Wildman–Crippen MR) is 79.4 cm³/mol. The summed E-state index contributed by atoms with van der Waals surface area (Å²) in [6, 6.07) is 5.90. The van der Waals surface area contributed by atoms with Crippen LogP contribution in [0.3, 0.4) is 0 Å². The molecule has 1 N–H and O–H groups in total. The zero-order valence-electron chi connectivity index (χ0n) is 12.7. The first-order valence-corrected chi connectivity index (χ1v) is 7.17. The fourth-order valence-corrected chi connectivity index (χ4v) is 2.05. The van der Waals surface area contributed by atoms with Crippen LogP contribution in [0.1, 0.15) is 34.7 Å². The van der Waals surface area contributed by atoms with Gasteiger partial charge in [-0.1, -0.05) is 5.16 Å². The highest BCUT2D eigenvalue weighted by Gasteiger charge is 2.16. The molecule has 0 unspecified atom stereocenters. The molecule has 6 heteroatoms. The summed E-state index contributed by atoms with van der Waals surface area (Å²) in [5.41, 5.74) is 1.09. The Hall–Kier alpha value is -2.37. The summed E-state index contributed by atoms with van der Waals surface area (Å²) in [4.78, 5) is 12.0. The van der Waals surface area contributed by atoms with Gasteiger partial charge in [0.15, 0.2) is 0 Å². The van der Waals surface area contributed by atoms with Gasteiger partial charge in [-0.3, -0.25) is 4.79 Å². The number of carbonyl (C=O) groups is 1. The molecule has 5 nitrogen and oxygen atoms in total. The normalized spacial score (nSPS) is 10.5. The number of carbonyl (C=O) groups excluding carboxylic acids is 1. The standard InChI is InChI=1S/C16H19FN2O3/c1-11-15(12(2)22-19-11)16(20)18-9-3-4-10-21-14-7-5-13(17)6-8-14/h5-8H,3-4,9-10H2,1-2H3,(H,18,20). The van der Waals surface area contributed by atoms with Gasteiger partial charge in [0.2, 0.25) is 0 Å². The molecule has 1 aromatic carbocycles. The van der Waals surface area contributed by atoms with Crippen LogP contribution >= 0.6 is 0 Å². The van der Waals surface area contributed by atoms with Gasteiger partial charge in [0, 0.05) is 6.54 Å². The van der Waals surface area contributed by atoms with E-state index in [1.165, 1.54) is 12.1 Å². The van der Waals surface area contributed by atoms with E-state index in [1.54, 1.807) is 26.0 Å². The Morgan fingerprint density at radius 2 is 2.00 bits per heavy atom. The fraction of sp³-hybridized carbons (Fsp3) is 0.375. The number of benzene rings is 1. The van der Waals surface area contributed by atoms with Crippen molar-refractivity contribution in [3.8, 4) is 5.75 Å². The Balaban J connectivity index is 1.63. The molecule has 0 bridgehead atoms. The van der Waals surface area contributed by atoms with Crippen molar-refractivity contribution in [1.29, 1.82) is 0 Å². The number of hydrogen-bond acceptors (Lipinski definition) is 4. The minimum absolute atomic E-state index is 0.171. The van der Waals surface area contributed by atoms with E-state index >= 15 is 0 Å². The Morgan fingerprint density at radius 1 is 1.27 bits per heavy atom. The first-order chi connectivity index (χ1) is 10.6. The molecule has 0 fully saturated rings. The second kappa shape index (κ2) is 7.59. The molecule has 0 aliphatic carbocycles. The van der Waals surface area contributed by atoms with Crippen LogP contribution in [0, 0.1) is 19.7 Å². The van der Waals surface area contributed by atoms with Crippen LogP contribution < -0.4 is 10.1 Å². The van der Waals surface area contributed by atoms with Gasteiger partial charge in [-0.15, -0.1) is 0 Å². The average Bonchev–Trinajstić information content (AvgIpc) is 2.83. The summed E-state index contributed by atoms with van der Waals surface area (Å²) in [6.45, 7) is 4.52. The molecule has 0 atom stereocenters. The highest BCUT2D eigenvalue weighted by atomic mass is 19.1. The monoisotopic (exact) mass is 306 g/mol. The number of hydrogen-bond donors (Lipinski definition) is 1. The molecule has 0 aliphatic heterocycles. The lowest BCUT2D eigenvalue weighted by Crippen LogP contribution is -2.25. The SMILES string of the molecule is Cc1noc(C)c1C(=O)NCCCCOc1ccc(F)cc1. The molecule has 22 heavy (non-hydrogen) atoms. The van der Waals surface area contributed by atoms with Gasteiger partial charge in [0.05, 0.1) is 12.3 Å². The Morgan fingerprint density at radius 3 is 2.64 bits per heavy atom. The topological polar surface area (TPSA) is 64.4 Å². The quantitative estimate of drug-likeness (QED) is 0.799. The van der Waals surface area contributed by atoms with E-state index in [4.69, 9.17) is 9.26 Å². The van der Waals surface area contributed by atoms with E-state index in [0.717, 1.165) is 12.8 Å². The lowest BCUT2D eigenvalue weighted by atomic mass is 10.2. The largest absolute Gasteiger partial charge is 0.494 e. The lowest BCUT2D eigenvalue weighted by molar-refractivity contribution is 0.0950. The van der Waals surface area contributed by atoms with Gasteiger partial charge in [-0.05, 0) is 51.0 Å². The number of nitrogens with zero attached hydrogens (tertiary/aromatic N) is 1. The zero-order chi connectivity index (χ0) is 15.9. The highest BCUT2D eigenvalue weighted by molar-refractivity contribution is 5.96. The number of ether oxygens (including phenoxy) is 1. The predicted octanol–water partition coefficient (Wildman–Crippen LogP) is 3.02. The van der Waals surface area contributed by atoms with E-state index in [-0.39, 0.29) is 11.7 Å². The van der Waals surface area contributed by atoms with Crippen molar-refractivity contribution in [3.05, 3.63) is 47.1 Å². The summed E-state index contributed by atoms with van der Waals surface area (Å²) in [6.07, 6.45) is 1.58. The molecular formula is C16H19FN2O3. The first kappa shape index (κ1) is 16.0. The highest BCUT2D eigenvalue weighted by Crippen LogP contribution is 2.12. The third-order valence-corrected chi connectivity index (χ3v) is 3.20. The first-order valence-electron chi connectivity index (χ1n) is 7.17. The molecule has 0 saturated heterocycles. The number of aryl methyl sites for hydroxylation is 2. The third-order valence-electron chi connectivity index (χ3n) is 3.20. The van der Waals surface area contributed by atoms with Gasteiger partial charge >= 0.3 is 0 Å². The lowest BCUT2D eigenvalue weighted by Gasteiger charge is -2.07. The molecule has 1 aromatic heterocycles. The van der Waals surface area contributed by atoms with Crippen molar-refractivity contribution in [2.24, 2.45) is 0 Å². The summed E-state index contributed by atoms with van der Waals surface area (Å²) in [5, 5.41) is 6.58. The second-order valence-corrected chi connectivity index (χ2v) is 4.96. The van der Waals surface area contributed by atoms with Gasteiger partial charge in [0.1, 0.15) is 22.9 Å². The van der Waals surface area contributed by atoms with Crippen molar-refractivity contribution in [2.75, 3.05) is 13.2 Å². The minimum Gasteiger partial charge on any atom is -0.494 e. The van der Waals surface area contributed by atoms with Crippen molar-refractivity contribution < 1.29 is 18.4 Å². The van der Waals surface area contributed by atoms with Gasteiger partial charge in [-0.25, -0.2) is 4.39 Å². The maximum Gasteiger partial charge on any atom is 0.256 e. The average molecular weight is 306 g/mol. The van der Waals surface area contributed by atoms with Crippen LogP contribution in [0.5, 0.6) is 5.75 Å². The van der Waals surface area contributed by atoms with Crippen LogP contribution in [-0.2, 0) is 0 Å². The zero-order valence-corrected chi connectivity index (χ0v) is 12.7. The van der Waals surface area contributed by atoms with E-state index in [0.29, 0.717) is 35.9 Å². The summed E-state index contributed by atoms with van der Waals surface area (Å²) in [5.74, 6) is 0.709. The number of nitrogens with one attached hydrogen (secondary N) is 1. The Bertz CT molecular complexity index is 603. The van der Waals surface area contributed by atoms with Crippen LogP contribution in [-0.4, -0.2) is 24.2 Å². The van der Waals surface area contributed by atoms with Crippen LogP contribution in [0.25, 0.3) is 0 Å². The number of amides is 1. The second-order valence-electron chi connectivity index (χ2n) is 4.96. The minimum atomic E-state index is -0.283. The Labute approximate surface area is 128 Å². The molecule has 0 radical (unpaired) electrons. The number of rotatable bonds is 7. The van der Waals surface area contributed by atoms with Crippen LogP contribution in [0.4, 0.5) is 4.39 Å². The van der Waals surface area contributed by atoms with E-state index < -0.39 is 0 Å². The Kier molecular flexibility index (Phi) is 5.52.